The summed E-state index contributed by atoms with van der Waals surface area (Å²) in [4.78, 5) is 5.49. The van der Waals surface area contributed by atoms with E-state index in [1.54, 1.807) is 0 Å². The lowest BCUT2D eigenvalue weighted by molar-refractivity contribution is 0.589. The Morgan fingerprint density at radius 1 is 0.328 bits per heavy atom. The molecule has 0 aliphatic carbocycles. The Hall–Kier alpha value is -5.74. The van der Waals surface area contributed by atoms with E-state index >= 15 is 0 Å². The van der Waals surface area contributed by atoms with Crippen LogP contribution in [0.3, 0.4) is 0 Å². The second kappa shape index (κ2) is 15.2. The van der Waals surface area contributed by atoms with Gasteiger partial charge >= 0.3 is 0 Å². The van der Waals surface area contributed by atoms with Gasteiger partial charge in [0.15, 0.2) is 0 Å². The molecular formula is C61H53BS2. The van der Waals surface area contributed by atoms with E-state index in [0.29, 0.717) is 0 Å². The third-order valence-corrected chi connectivity index (χ3v) is 16.2. The van der Waals surface area contributed by atoms with Crippen molar-refractivity contribution in [1.82, 2.24) is 0 Å². The molecule has 0 saturated carbocycles. The second-order valence-corrected chi connectivity index (χ2v) is 22.7. The number of hydrogen-bond acceptors (Lipinski definition) is 2. The average molecular weight is 861 g/mol. The van der Waals surface area contributed by atoms with Crippen molar-refractivity contribution in [3.05, 3.63) is 198 Å². The van der Waals surface area contributed by atoms with Crippen molar-refractivity contribution in [2.75, 3.05) is 0 Å². The molecule has 9 aromatic rings. The molecule has 3 heteroatoms. The lowest BCUT2D eigenvalue weighted by Gasteiger charge is -2.35. The van der Waals surface area contributed by atoms with Crippen molar-refractivity contribution >= 4 is 68.2 Å². The summed E-state index contributed by atoms with van der Waals surface area (Å²) in [6.45, 7) is 18.9. The lowest BCUT2D eigenvalue weighted by Crippen LogP contribution is -2.58. The van der Waals surface area contributed by atoms with Gasteiger partial charge in [0, 0.05) is 25.0 Å². The van der Waals surface area contributed by atoms with Crippen LogP contribution in [-0.4, -0.2) is 6.71 Å². The van der Waals surface area contributed by atoms with Gasteiger partial charge in [-0.15, -0.1) is 0 Å². The summed E-state index contributed by atoms with van der Waals surface area (Å²) in [5, 5.41) is 5.09. The predicted molar refractivity (Wildman–Crippen MR) is 280 cm³/mol. The molecule has 0 unspecified atom stereocenters. The minimum atomic E-state index is -0.261. The Kier molecular flexibility index (Phi) is 9.73. The topological polar surface area (TPSA) is 0 Å². The molecule has 0 fully saturated rings. The number of rotatable bonds is 5. The molecule has 0 N–H and O–H groups in total. The van der Waals surface area contributed by atoms with Gasteiger partial charge in [0.25, 0.3) is 0 Å². The van der Waals surface area contributed by atoms with Crippen molar-refractivity contribution in [3.63, 3.8) is 0 Å². The molecule has 0 radical (unpaired) electrons. The highest BCUT2D eigenvalue weighted by molar-refractivity contribution is 8.01. The van der Waals surface area contributed by atoms with Crippen LogP contribution >= 0.6 is 23.5 Å². The summed E-state index contributed by atoms with van der Waals surface area (Å²) in [5.74, 6) is 0. The first kappa shape index (κ1) is 41.0. The Balaban J connectivity index is 1.18. The quantitative estimate of drug-likeness (QED) is 0.125. The zero-order chi connectivity index (χ0) is 44.1. The molecule has 0 bridgehead atoms. The maximum atomic E-state index is 2.52. The highest BCUT2D eigenvalue weighted by atomic mass is 32.2. The molecule has 2 heterocycles. The van der Waals surface area contributed by atoms with Gasteiger partial charge in [-0.05, 0) is 124 Å². The van der Waals surface area contributed by atoms with Gasteiger partial charge in [-0.25, -0.2) is 0 Å². The summed E-state index contributed by atoms with van der Waals surface area (Å²) >= 11 is 3.94. The zero-order valence-electron chi connectivity index (χ0n) is 38.1. The van der Waals surface area contributed by atoms with Gasteiger partial charge in [0.2, 0.25) is 6.71 Å². The maximum Gasteiger partial charge on any atom is 0.247 e. The highest BCUT2D eigenvalue weighted by Gasteiger charge is 2.39. The smallest absolute Gasteiger partial charge is 0.0911 e. The predicted octanol–water partition coefficient (Wildman–Crippen LogP) is 15.4. The van der Waals surface area contributed by atoms with Crippen molar-refractivity contribution in [2.24, 2.45) is 0 Å². The highest BCUT2D eigenvalue weighted by Crippen LogP contribution is 2.48. The van der Waals surface area contributed by atoms with Crippen LogP contribution in [0.15, 0.2) is 196 Å². The molecule has 0 nitrogen and oxygen atoms in total. The van der Waals surface area contributed by atoms with E-state index in [-0.39, 0.29) is 23.0 Å². The molecule has 2 aliphatic rings. The van der Waals surface area contributed by atoms with E-state index < -0.39 is 0 Å². The molecule has 0 atom stereocenters. The Labute approximate surface area is 388 Å². The minimum absolute atomic E-state index is 0.0564. The molecule has 11 rings (SSSR count). The van der Waals surface area contributed by atoms with Crippen LogP contribution in [0.5, 0.6) is 0 Å². The molecule has 2 aliphatic heterocycles. The zero-order valence-corrected chi connectivity index (χ0v) is 39.8. The van der Waals surface area contributed by atoms with Gasteiger partial charge in [-0.3, -0.25) is 0 Å². The van der Waals surface area contributed by atoms with Crippen LogP contribution in [0.25, 0.3) is 54.9 Å². The van der Waals surface area contributed by atoms with E-state index in [1.165, 1.54) is 113 Å². The van der Waals surface area contributed by atoms with Crippen LogP contribution in [0, 0.1) is 0 Å². The Morgan fingerprint density at radius 2 is 0.750 bits per heavy atom. The molecule has 0 saturated heterocycles. The monoisotopic (exact) mass is 860 g/mol. The van der Waals surface area contributed by atoms with E-state index in [1.807, 2.05) is 23.5 Å². The maximum absolute atomic E-state index is 2.52. The number of benzene rings is 9. The first-order valence-corrected chi connectivity index (χ1v) is 24.4. The Morgan fingerprint density at radius 3 is 1.23 bits per heavy atom. The van der Waals surface area contributed by atoms with Gasteiger partial charge in [0.05, 0.1) is 0 Å². The molecular weight excluding hydrogens is 808 g/mol. The number of fused-ring (bicyclic) bond motifs is 6. The first-order valence-electron chi connectivity index (χ1n) is 22.8. The first-order chi connectivity index (χ1) is 30.7. The van der Waals surface area contributed by atoms with Crippen LogP contribution in [0.4, 0.5) is 0 Å². The normalized spacial score (nSPS) is 13.5. The molecule has 0 amide bonds. The van der Waals surface area contributed by atoms with E-state index in [0.717, 1.165) is 0 Å². The van der Waals surface area contributed by atoms with Crippen LogP contribution < -0.4 is 16.4 Å². The van der Waals surface area contributed by atoms with E-state index in [9.17, 15) is 0 Å². The fraction of sp³-hybridized carbons (Fsp3) is 0.180. The average Bonchev–Trinajstić information content (AvgIpc) is 3.29. The molecule has 9 aromatic carbocycles. The largest absolute Gasteiger partial charge is 0.247 e. The fourth-order valence-corrected chi connectivity index (χ4v) is 12.8. The van der Waals surface area contributed by atoms with Crippen LogP contribution in [-0.2, 0) is 16.2 Å². The van der Waals surface area contributed by atoms with E-state index in [4.69, 9.17) is 0 Å². The fourth-order valence-electron chi connectivity index (χ4n) is 10.3. The SMILES string of the molecule is CC(C)(C)c1ccc2c(c1)Sc1cc(-c3cc(-c4c5ccccc5c(-c5ccccc5)c5ccccc45)cc(C(C)(C)c4ccccc4)c3)cc3c1B2c1ccc(C(C)(C)C)cc1S3. The summed E-state index contributed by atoms with van der Waals surface area (Å²) in [5.41, 5.74) is 17.1. The molecule has 0 aromatic heterocycles. The van der Waals surface area contributed by atoms with Crippen LogP contribution in [0.1, 0.15) is 77.6 Å². The summed E-state index contributed by atoms with van der Waals surface area (Å²) in [7, 11) is 0. The van der Waals surface area contributed by atoms with Gasteiger partial charge in [-0.1, -0.05) is 235 Å². The number of hydrogen-bond donors (Lipinski definition) is 0. The molecule has 312 valence electrons. The standard InChI is InChI=1S/C61H53BS2/c1-59(2,3)43-27-29-50-52(36-43)63-54-34-40(35-55-58(54)62(50)51-30-28-44(60(4,5)6)37-53(51)64-55)39-31-41(33-45(32-39)61(7,8)42-21-13-10-14-22-42)57-48-25-17-15-23-46(48)56(38-19-11-9-12-20-38)47-24-16-18-26-49(47)57/h9-37H,1-8H3. The van der Waals surface area contributed by atoms with Crippen molar-refractivity contribution < 1.29 is 0 Å². The van der Waals surface area contributed by atoms with Crippen molar-refractivity contribution in [1.29, 1.82) is 0 Å². The summed E-state index contributed by atoms with van der Waals surface area (Å²) in [6.07, 6.45) is 0. The van der Waals surface area contributed by atoms with Gasteiger partial charge < -0.3 is 0 Å². The minimum Gasteiger partial charge on any atom is -0.0911 e. The van der Waals surface area contributed by atoms with Gasteiger partial charge in [-0.2, -0.15) is 0 Å². The third kappa shape index (κ3) is 6.86. The summed E-state index contributed by atoms with van der Waals surface area (Å²) in [6, 6.07) is 67.2. The molecule has 64 heavy (non-hydrogen) atoms. The summed E-state index contributed by atoms with van der Waals surface area (Å²) < 4.78 is 0. The lowest BCUT2D eigenvalue weighted by atomic mass is 9.36. The van der Waals surface area contributed by atoms with Crippen molar-refractivity contribution in [3.8, 4) is 33.4 Å². The van der Waals surface area contributed by atoms with Gasteiger partial charge in [0.1, 0.15) is 0 Å². The molecule has 0 spiro atoms. The second-order valence-electron chi connectivity index (χ2n) is 20.5. The van der Waals surface area contributed by atoms with Crippen LogP contribution in [0.2, 0.25) is 0 Å². The Bertz CT molecular complexity index is 3170. The third-order valence-electron chi connectivity index (χ3n) is 14.0. The van der Waals surface area contributed by atoms with Crippen molar-refractivity contribution in [2.45, 2.75) is 91.2 Å². The van der Waals surface area contributed by atoms with E-state index in [2.05, 4.69) is 231 Å².